The molecule has 0 radical (unpaired) electrons. The van der Waals surface area contributed by atoms with Gasteiger partial charge in [0.05, 0.1) is 7.11 Å². The number of carbonyl (C=O) groups excluding carboxylic acids is 1. The number of methoxy groups -OCH3 is 1. The van der Waals surface area contributed by atoms with Crippen molar-refractivity contribution in [1.29, 1.82) is 0 Å². The first-order valence-corrected chi connectivity index (χ1v) is 5.34. The molecule has 0 aliphatic rings. The maximum Gasteiger partial charge on any atom is 0.179 e. The molecule has 0 aliphatic carbocycles. The average Bonchev–Trinajstić information content (AvgIpc) is 2.71. The van der Waals surface area contributed by atoms with Crippen molar-refractivity contribution < 1.29 is 9.53 Å². The fraction of sp³-hybridized carbons (Fsp3) is 0.231. The quantitative estimate of drug-likeness (QED) is 0.824. The van der Waals surface area contributed by atoms with Crippen LogP contribution < -0.4 is 4.74 Å². The largest absolute Gasteiger partial charge is 0.497 e. The number of Topliss-reactive ketones (excluding diaryl/α,β-unsaturated/α-hetero) is 1. The minimum Gasteiger partial charge on any atom is -0.497 e. The highest BCUT2D eigenvalue weighted by Gasteiger charge is 2.12. The third-order valence-electron chi connectivity index (χ3n) is 2.56. The van der Waals surface area contributed by atoms with E-state index in [-0.39, 0.29) is 5.78 Å². The standard InChI is InChI=1S/C13H14N2O2/c1-8-12(9(2)16)15-13(14-8)10-5-4-6-11(7-10)17-3/h4-7H,1-3H3,(H,14,15). The topological polar surface area (TPSA) is 55.0 Å². The van der Waals surface area contributed by atoms with Crippen LogP contribution in [0.2, 0.25) is 0 Å². The number of hydrogen-bond donors (Lipinski definition) is 1. The van der Waals surface area contributed by atoms with Gasteiger partial charge in [-0.15, -0.1) is 0 Å². The van der Waals surface area contributed by atoms with Gasteiger partial charge in [-0.05, 0) is 19.1 Å². The van der Waals surface area contributed by atoms with Gasteiger partial charge in [-0.3, -0.25) is 4.79 Å². The lowest BCUT2D eigenvalue weighted by atomic mass is 10.2. The van der Waals surface area contributed by atoms with Gasteiger partial charge in [0.25, 0.3) is 0 Å². The third-order valence-corrected chi connectivity index (χ3v) is 2.56. The minimum absolute atomic E-state index is 0.0344. The predicted molar refractivity (Wildman–Crippen MR) is 65.3 cm³/mol. The lowest BCUT2D eigenvalue weighted by molar-refractivity contribution is 0.101. The first kappa shape index (κ1) is 11.4. The van der Waals surface area contributed by atoms with Crippen LogP contribution in [0, 0.1) is 6.92 Å². The smallest absolute Gasteiger partial charge is 0.179 e. The molecular formula is C13H14N2O2. The Morgan fingerprint density at radius 1 is 1.41 bits per heavy atom. The van der Waals surface area contributed by atoms with Crippen molar-refractivity contribution in [2.75, 3.05) is 7.11 Å². The molecule has 2 rings (SSSR count). The van der Waals surface area contributed by atoms with Gasteiger partial charge >= 0.3 is 0 Å². The summed E-state index contributed by atoms with van der Waals surface area (Å²) in [5.41, 5.74) is 2.18. The van der Waals surface area contributed by atoms with Crippen LogP contribution in [0.5, 0.6) is 5.75 Å². The maximum atomic E-state index is 11.3. The molecule has 0 saturated carbocycles. The fourth-order valence-corrected chi connectivity index (χ4v) is 1.71. The number of carbonyl (C=O) groups is 1. The number of ketones is 1. The Morgan fingerprint density at radius 3 is 2.76 bits per heavy atom. The average molecular weight is 230 g/mol. The normalized spacial score (nSPS) is 10.3. The second-order valence-electron chi connectivity index (χ2n) is 3.85. The number of aryl methyl sites for hydroxylation is 1. The highest BCUT2D eigenvalue weighted by atomic mass is 16.5. The Morgan fingerprint density at radius 2 is 2.18 bits per heavy atom. The summed E-state index contributed by atoms with van der Waals surface area (Å²) >= 11 is 0. The van der Waals surface area contributed by atoms with Crippen molar-refractivity contribution in [3.63, 3.8) is 0 Å². The summed E-state index contributed by atoms with van der Waals surface area (Å²) in [6.45, 7) is 3.35. The molecule has 2 aromatic rings. The highest BCUT2D eigenvalue weighted by molar-refractivity contribution is 5.93. The number of imidazole rings is 1. The number of nitrogens with zero attached hydrogens (tertiary/aromatic N) is 1. The van der Waals surface area contributed by atoms with Crippen LogP contribution in [0.4, 0.5) is 0 Å². The molecule has 0 atom stereocenters. The van der Waals surface area contributed by atoms with Gasteiger partial charge in [-0.25, -0.2) is 4.98 Å². The Hall–Kier alpha value is -2.10. The van der Waals surface area contributed by atoms with Crippen LogP contribution in [-0.2, 0) is 0 Å². The van der Waals surface area contributed by atoms with Crippen molar-refractivity contribution in [2.24, 2.45) is 0 Å². The molecule has 88 valence electrons. The van der Waals surface area contributed by atoms with E-state index in [1.807, 2.05) is 31.2 Å². The first-order valence-electron chi connectivity index (χ1n) is 5.34. The lowest BCUT2D eigenvalue weighted by Gasteiger charge is -2.01. The summed E-state index contributed by atoms with van der Waals surface area (Å²) in [7, 11) is 1.62. The molecular weight excluding hydrogens is 216 g/mol. The summed E-state index contributed by atoms with van der Waals surface area (Å²) in [5, 5.41) is 0. The molecule has 0 amide bonds. The molecule has 0 fully saturated rings. The van der Waals surface area contributed by atoms with Gasteiger partial charge in [-0.1, -0.05) is 12.1 Å². The van der Waals surface area contributed by atoms with Gasteiger partial charge in [0.2, 0.25) is 0 Å². The van der Waals surface area contributed by atoms with E-state index in [4.69, 9.17) is 4.74 Å². The summed E-state index contributed by atoms with van der Waals surface area (Å²) in [4.78, 5) is 18.7. The van der Waals surface area contributed by atoms with Gasteiger partial charge < -0.3 is 9.72 Å². The van der Waals surface area contributed by atoms with E-state index in [0.29, 0.717) is 11.5 Å². The van der Waals surface area contributed by atoms with Crippen LogP contribution in [0.3, 0.4) is 0 Å². The number of ether oxygens (including phenoxy) is 1. The molecule has 1 heterocycles. The number of benzene rings is 1. The number of aromatic nitrogens is 2. The zero-order valence-corrected chi connectivity index (χ0v) is 10.1. The summed E-state index contributed by atoms with van der Waals surface area (Å²) in [6, 6.07) is 7.55. The Balaban J connectivity index is 2.46. The monoisotopic (exact) mass is 230 g/mol. The number of H-pyrrole nitrogens is 1. The van der Waals surface area contributed by atoms with E-state index in [2.05, 4.69) is 9.97 Å². The maximum absolute atomic E-state index is 11.3. The molecule has 0 saturated heterocycles. The number of aromatic amines is 1. The van der Waals surface area contributed by atoms with Crippen molar-refractivity contribution >= 4 is 5.78 Å². The van der Waals surface area contributed by atoms with Crippen LogP contribution in [-0.4, -0.2) is 22.9 Å². The molecule has 1 aromatic carbocycles. The number of hydrogen-bond acceptors (Lipinski definition) is 3. The molecule has 4 heteroatoms. The van der Waals surface area contributed by atoms with E-state index in [9.17, 15) is 4.79 Å². The zero-order chi connectivity index (χ0) is 12.4. The van der Waals surface area contributed by atoms with E-state index in [0.717, 1.165) is 17.0 Å². The van der Waals surface area contributed by atoms with Crippen LogP contribution in [0.1, 0.15) is 23.1 Å². The molecule has 0 aliphatic heterocycles. The van der Waals surface area contributed by atoms with E-state index in [1.54, 1.807) is 7.11 Å². The molecule has 0 spiro atoms. The van der Waals surface area contributed by atoms with Crippen molar-refractivity contribution in [2.45, 2.75) is 13.8 Å². The molecule has 17 heavy (non-hydrogen) atoms. The fourth-order valence-electron chi connectivity index (χ4n) is 1.71. The predicted octanol–water partition coefficient (Wildman–Crippen LogP) is 2.60. The van der Waals surface area contributed by atoms with Gasteiger partial charge in [0.15, 0.2) is 5.78 Å². The zero-order valence-electron chi connectivity index (χ0n) is 10.1. The number of rotatable bonds is 3. The van der Waals surface area contributed by atoms with Crippen molar-refractivity contribution in [1.82, 2.24) is 9.97 Å². The second-order valence-corrected chi connectivity index (χ2v) is 3.85. The Kier molecular flexibility index (Phi) is 2.95. The molecule has 1 aromatic heterocycles. The van der Waals surface area contributed by atoms with Crippen LogP contribution in [0.15, 0.2) is 24.3 Å². The Bertz CT molecular complexity index is 558. The highest BCUT2D eigenvalue weighted by Crippen LogP contribution is 2.22. The molecule has 1 N–H and O–H groups in total. The molecule has 0 unspecified atom stereocenters. The third kappa shape index (κ3) is 2.20. The van der Waals surface area contributed by atoms with Crippen molar-refractivity contribution in [3.05, 3.63) is 35.7 Å². The minimum atomic E-state index is -0.0344. The summed E-state index contributed by atoms with van der Waals surface area (Å²) < 4.78 is 5.15. The van der Waals surface area contributed by atoms with E-state index < -0.39 is 0 Å². The Labute approximate surface area is 99.7 Å². The summed E-state index contributed by atoms with van der Waals surface area (Å²) in [6.07, 6.45) is 0. The van der Waals surface area contributed by atoms with E-state index in [1.165, 1.54) is 6.92 Å². The van der Waals surface area contributed by atoms with Crippen molar-refractivity contribution in [3.8, 4) is 17.1 Å². The molecule has 4 nitrogen and oxygen atoms in total. The summed E-state index contributed by atoms with van der Waals surface area (Å²) in [5.74, 6) is 1.42. The first-order chi connectivity index (χ1) is 8.11. The van der Waals surface area contributed by atoms with Crippen LogP contribution in [0.25, 0.3) is 11.4 Å². The lowest BCUT2D eigenvalue weighted by Crippen LogP contribution is -1.94. The number of nitrogens with one attached hydrogen (secondary N) is 1. The van der Waals surface area contributed by atoms with Gasteiger partial charge in [-0.2, -0.15) is 0 Å². The van der Waals surface area contributed by atoms with E-state index >= 15 is 0 Å². The van der Waals surface area contributed by atoms with Gasteiger partial charge in [0.1, 0.15) is 17.3 Å². The molecule has 0 bridgehead atoms. The second kappa shape index (κ2) is 4.41. The van der Waals surface area contributed by atoms with Crippen LogP contribution >= 0.6 is 0 Å². The SMILES string of the molecule is COc1cccc(-c2nc(C(C)=O)c(C)[nH]2)c1. The van der Waals surface area contributed by atoms with Gasteiger partial charge in [0, 0.05) is 18.2 Å².